The first-order chi connectivity index (χ1) is 11.3. The van der Waals surface area contributed by atoms with Crippen LogP contribution in [-0.2, 0) is 0 Å². The third-order valence-electron chi connectivity index (χ3n) is 4.96. The lowest BCUT2D eigenvalue weighted by Crippen LogP contribution is -2.52. The van der Waals surface area contributed by atoms with E-state index < -0.39 is 0 Å². The predicted octanol–water partition coefficient (Wildman–Crippen LogP) is 2.28. The molecule has 0 spiro atoms. The zero-order valence-electron chi connectivity index (χ0n) is 13.8. The number of urea groups is 1. The minimum atomic E-state index is 0.0782. The van der Waals surface area contributed by atoms with Crippen molar-refractivity contribution in [2.45, 2.75) is 38.5 Å². The molecule has 3 rings (SSSR count). The summed E-state index contributed by atoms with van der Waals surface area (Å²) in [6.07, 6.45) is 11.4. The summed E-state index contributed by atoms with van der Waals surface area (Å²) < 4.78 is 0. The van der Waals surface area contributed by atoms with Gasteiger partial charge in [0.15, 0.2) is 0 Å². The highest BCUT2D eigenvalue weighted by Gasteiger charge is 2.22. The molecule has 0 atom stereocenters. The Morgan fingerprint density at radius 1 is 1.09 bits per heavy atom. The Morgan fingerprint density at radius 3 is 2.48 bits per heavy atom. The number of anilines is 1. The van der Waals surface area contributed by atoms with Crippen LogP contribution < -0.4 is 10.2 Å². The minimum Gasteiger partial charge on any atom is -0.338 e. The lowest BCUT2D eigenvalue weighted by atomic mass is 9.87. The van der Waals surface area contributed by atoms with E-state index in [1.54, 1.807) is 12.4 Å². The molecule has 23 heavy (non-hydrogen) atoms. The van der Waals surface area contributed by atoms with Gasteiger partial charge in [-0.2, -0.15) is 0 Å². The van der Waals surface area contributed by atoms with Crippen molar-refractivity contribution in [3.63, 3.8) is 0 Å². The van der Waals surface area contributed by atoms with Crippen LogP contribution in [0.15, 0.2) is 18.5 Å². The number of amides is 2. The number of carbonyl (C=O) groups is 1. The number of rotatable bonds is 4. The van der Waals surface area contributed by atoms with Crippen molar-refractivity contribution >= 4 is 12.0 Å². The first-order valence-electron chi connectivity index (χ1n) is 8.87. The van der Waals surface area contributed by atoms with Gasteiger partial charge in [0.1, 0.15) is 0 Å². The van der Waals surface area contributed by atoms with Crippen molar-refractivity contribution in [2.24, 2.45) is 5.92 Å². The molecular weight excluding hydrogens is 290 g/mol. The van der Waals surface area contributed by atoms with Gasteiger partial charge in [-0.15, -0.1) is 0 Å². The van der Waals surface area contributed by atoms with Crippen molar-refractivity contribution in [3.05, 3.63) is 18.5 Å². The van der Waals surface area contributed by atoms with Gasteiger partial charge in [-0.25, -0.2) is 14.8 Å². The Labute approximate surface area is 138 Å². The first-order valence-corrected chi connectivity index (χ1v) is 8.87. The minimum absolute atomic E-state index is 0.0782. The Kier molecular flexibility index (Phi) is 5.66. The van der Waals surface area contributed by atoms with Crippen LogP contribution in [0.25, 0.3) is 0 Å². The number of hydrogen-bond donors (Lipinski definition) is 1. The lowest BCUT2D eigenvalue weighted by Gasteiger charge is -2.34. The standard InChI is InChI=1S/C17H27N5O/c23-17(20-10-7-15-5-2-1-3-6-15)22-13-11-21(12-14-22)16-18-8-4-9-19-16/h4,8-9,15H,1-3,5-7,10-14H2,(H,20,23). The molecule has 1 N–H and O–H groups in total. The SMILES string of the molecule is O=C(NCCC1CCCCC1)N1CCN(c2ncccn2)CC1. The van der Waals surface area contributed by atoms with E-state index in [0.29, 0.717) is 0 Å². The van der Waals surface area contributed by atoms with Crippen LogP contribution in [0, 0.1) is 5.92 Å². The van der Waals surface area contributed by atoms with E-state index in [1.165, 1.54) is 32.1 Å². The van der Waals surface area contributed by atoms with E-state index in [-0.39, 0.29) is 6.03 Å². The number of carbonyl (C=O) groups excluding carboxylic acids is 1. The third-order valence-corrected chi connectivity index (χ3v) is 4.96. The maximum Gasteiger partial charge on any atom is 0.317 e. The van der Waals surface area contributed by atoms with Crippen LogP contribution in [-0.4, -0.2) is 53.6 Å². The molecule has 1 aromatic rings. The van der Waals surface area contributed by atoms with Gasteiger partial charge in [0.25, 0.3) is 0 Å². The van der Waals surface area contributed by atoms with E-state index in [0.717, 1.165) is 51.0 Å². The fourth-order valence-electron chi connectivity index (χ4n) is 3.53. The average molecular weight is 317 g/mol. The highest BCUT2D eigenvalue weighted by molar-refractivity contribution is 5.74. The monoisotopic (exact) mass is 317 g/mol. The number of nitrogens with zero attached hydrogens (tertiary/aromatic N) is 4. The van der Waals surface area contributed by atoms with Gasteiger partial charge in [-0.1, -0.05) is 32.1 Å². The van der Waals surface area contributed by atoms with Gasteiger partial charge in [-0.3, -0.25) is 0 Å². The Morgan fingerprint density at radius 2 is 1.78 bits per heavy atom. The van der Waals surface area contributed by atoms with Gasteiger partial charge in [-0.05, 0) is 18.4 Å². The van der Waals surface area contributed by atoms with Crippen LogP contribution >= 0.6 is 0 Å². The summed E-state index contributed by atoms with van der Waals surface area (Å²) in [5.41, 5.74) is 0. The molecule has 1 aromatic heterocycles. The van der Waals surface area contributed by atoms with Gasteiger partial charge >= 0.3 is 6.03 Å². The van der Waals surface area contributed by atoms with Crippen LogP contribution in [0.2, 0.25) is 0 Å². The predicted molar refractivity (Wildman–Crippen MR) is 90.4 cm³/mol. The lowest BCUT2D eigenvalue weighted by molar-refractivity contribution is 0.192. The van der Waals surface area contributed by atoms with Crippen LogP contribution in [0.4, 0.5) is 10.7 Å². The highest BCUT2D eigenvalue weighted by Crippen LogP contribution is 2.25. The molecule has 126 valence electrons. The highest BCUT2D eigenvalue weighted by atomic mass is 16.2. The second-order valence-electron chi connectivity index (χ2n) is 6.55. The van der Waals surface area contributed by atoms with Crippen LogP contribution in [0.3, 0.4) is 0 Å². The van der Waals surface area contributed by atoms with Crippen molar-refractivity contribution in [1.82, 2.24) is 20.2 Å². The van der Waals surface area contributed by atoms with Crippen molar-refractivity contribution in [3.8, 4) is 0 Å². The topological polar surface area (TPSA) is 61.4 Å². The molecule has 1 aliphatic heterocycles. The third kappa shape index (κ3) is 4.56. The summed E-state index contributed by atoms with van der Waals surface area (Å²) in [5, 5.41) is 3.09. The van der Waals surface area contributed by atoms with Crippen LogP contribution in [0.5, 0.6) is 0 Å². The summed E-state index contributed by atoms with van der Waals surface area (Å²) >= 11 is 0. The second kappa shape index (κ2) is 8.13. The van der Waals surface area contributed by atoms with Crippen LogP contribution in [0.1, 0.15) is 38.5 Å². The van der Waals surface area contributed by atoms with E-state index in [1.807, 2.05) is 11.0 Å². The molecule has 2 amide bonds. The van der Waals surface area contributed by atoms with Gasteiger partial charge in [0.2, 0.25) is 5.95 Å². The summed E-state index contributed by atoms with van der Waals surface area (Å²) in [7, 11) is 0. The smallest absolute Gasteiger partial charge is 0.317 e. The average Bonchev–Trinajstić information content (AvgIpc) is 2.63. The number of piperazine rings is 1. The van der Waals surface area contributed by atoms with Crippen molar-refractivity contribution < 1.29 is 4.79 Å². The Bertz CT molecular complexity index is 481. The fraction of sp³-hybridized carbons (Fsp3) is 0.706. The molecule has 0 aromatic carbocycles. The van der Waals surface area contributed by atoms with Crippen molar-refractivity contribution in [1.29, 1.82) is 0 Å². The molecule has 6 nitrogen and oxygen atoms in total. The maximum absolute atomic E-state index is 12.2. The van der Waals surface area contributed by atoms with Gasteiger partial charge in [0, 0.05) is 45.1 Å². The molecule has 1 saturated heterocycles. The Balaban J connectivity index is 1.36. The largest absolute Gasteiger partial charge is 0.338 e. The number of aromatic nitrogens is 2. The van der Waals surface area contributed by atoms with Gasteiger partial charge in [0.05, 0.1) is 0 Å². The molecule has 2 aliphatic rings. The normalized spacial score (nSPS) is 19.7. The molecule has 1 aliphatic carbocycles. The zero-order valence-corrected chi connectivity index (χ0v) is 13.8. The number of hydrogen-bond acceptors (Lipinski definition) is 4. The molecule has 1 saturated carbocycles. The van der Waals surface area contributed by atoms with Crippen molar-refractivity contribution in [2.75, 3.05) is 37.6 Å². The summed E-state index contributed by atoms with van der Waals surface area (Å²) in [6, 6.07) is 1.90. The quantitative estimate of drug-likeness (QED) is 0.925. The summed E-state index contributed by atoms with van der Waals surface area (Å²) in [4.78, 5) is 24.8. The summed E-state index contributed by atoms with van der Waals surface area (Å²) in [6.45, 7) is 3.85. The zero-order chi connectivity index (χ0) is 15.9. The first kappa shape index (κ1) is 16.0. The number of nitrogens with one attached hydrogen (secondary N) is 1. The molecule has 0 unspecified atom stereocenters. The Hall–Kier alpha value is -1.85. The second-order valence-corrected chi connectivity index (χ2v) is 6.55. The fourth-order valence-corrected chi connectivity index (χ4v) is 3.53. The van der Waals surface area contributed by atoms with Gasteiger partial charge < -0.3 is 15.1 Å². The van der Waals surface area contributed by atoms with E-state index in [2.05, 4.69) is 20.2 Å². The van der Waals surface area contributed by atoms with E-state index >= 15 is 0 Å². The molecule has 0 bridgehead atoms. The molecule has 2 fully saturated rings. The molecule has 2 heterocycles. The molecular formula is C17H27N5O. The molecule has 0 radical (unpaired) electrons. The van der Waals surface area contributed by atoms with E-state index in [4.69, 9.17) is 0 Å². The maximum atomic E-state index is 12.2. The van der Waals surface area contributed by atoms with E-state index in [9.17, 15) is 4.79 Å². The summed E-state index contributed by atoms with van der Waals surface area (Å²) in [5.74, 6) is 1.57. The molecule has 6 heteroatoms.